The lowest BCUT2D eigenvalue weighted by atomic mass is 9.95. The lowest BCUT2D eigenvalue weighted by molar-refractivity contribution is -0.113. The van der Waals surface area contributed by atoms with Crippen LogP contribution in [0.15, 0.2) is 71.0 Å². The van der Waals surface area contributed by atoms with E-state index in [4.69, 9.17) is 11.6 Å². The third kappa shape index (κ3) is 3.50. The van der Waals surface area contributed by atoms with Gasteiger partial charge in [0, 0.05) is 16.4 Å². The van der Waals surface area contributed by atoms with Crippen LogP contribution >= 0.6 is 23.4 Å². The molecular weight excluding hydrogens is 394 g/mol. The molecule has 0 saturated heterocycles. The summed E-state index contributed by atoms with van der Waals surface area (Å²) >= 11 is 7.68. The van der Waals surface area contributed by atoms with E-state index in [0.717, 1.165) is 16.9 Å². The van der Waals surface area contributed by atoms with E-state index in [1.807, 2.05) is 67.8 Å². The fraction of sp³-hybridized carbons (Fsp3) is 0.150. The number of para-hydroxylation sites is 1. The van der Waals surface area contributed by atoms with Crippen LogP contribution in [0.3, 0.4) is 0 Å². The summed E-state index contributed by atoms with van der Waals surface area (Å²) in [5.41, 5.74) is 2.89. The first-order valence-corrected chi connectivity index (χ1v) is 10.3. The second-order valence-electron chi connectivity index (χ2n) is 6.31. The number of nitrogens with zero attached hydrogens (tertiary/aromatic N) is 3. The van der Waals surface area contributed by atoms with E-state index < -0.39 is 6.04 Å². The van der Waals surface area contributed by atoms with Crippen LogP contribution in [0.1, 0.15) is 18.5 Å². The van der Waals surface area contributed by atoms with Crippen molar-refractivity contribution in [1.29, 1.82) is 0 Å². The molecule has 2 aromatic carbocycles. The number of carbonyl (C=O) groups excluding carboxylic acids is 1. The van der Waals surface area contributed by atoms with Crippen LogP contribution < -0.4 is 10.6 Å². The van der Waals surface area contributed by atoms with Gasteiger partial charge in [0.05, 0.1) is 5.57 Å². The average Bonchev–Trinajstić information content (AvgIpc) is 3.10. The molecule has 1 amide bonds. The molecule has 1 aliphatic heterocycles. The Kier molecular flexibility index (Phi) is 5.11. The van der Waals surface area contributed by atoms with Gasteiger partial charge in [0.25, 0.3) is 5.91 Å². The molecule has 142 valence electrons. The van der Waals surface area contributed by atoms with Crippen molar-refractivity contribution in [3.63, 3.8) is 0 Å². The molecule has 0 aliphatic carbocycles. The highest BCUT2D eigenvalue weighted by molar-refractivity contribution is 7.98. The Labute approximate surface area is 172 Å². The minimum atomic E-state index is -0.438. The smallest absolute Gasteiger partial charge is 0.255 e. The molecule has 6 nitrogen and oxygen atoms in total. The molecule has 0 bridgehead atoms. The molecule has 0 spiro atoms. The Morgan fingerprint density at radius 3 is 2.71 bits per heavy atom. The second kappa shape index (κ2) is 7.69. The zero-order chi connectivity index (χ0) is 19.7. The molecule has 28 heavy (non-hydrogen) atoms. The summed E-state index contributed by atoms with van der Waals surface area (Å²) in [4.78, 5) is 17.7. The SMILES string of the molecule is CSc1nc2n(n1)C(c1cccc(Cl)c1)C(C(=O)Nc1ccccc1)=C(C)N2. The monoisotopic (exact) mass is 411 g/mol. The maximum atomic E-state index is 13.2. The Morgan fingerprint density at radius 2 is 2.00 bits per heavy atom. The molecule has 2 N–H and O–H groups in total. The number of hydrogen-bond acceptors (Lipinski definition) is 5. The number of rotatable bonds is 4. The highest BCUT2D eigenvalue weighted by Gasteiger charge is 2.34. The van der Waals surface area contributed by atoms with Crippen molar-refractivity contribution in [1.82, 2.24) is 14.8 Å². The summed E-state index contributed by atoms with van der Waals surface area (Å²) in [5, 5.41) is 12.0. The molecule has 2 heterocycles. The Balaban J connectivity index is 1.81. The summed E-state index contributed by atoms with van der Waals surface area (Å²) in [6, 6.07) is 16.4. The van der Waals surface area contributed by atoms with Crippen molar-refractivity contribution in [3.8, 4) is 0 Å². The Morgan fingerprint density at radius 1 is 1.21 bits per heavy atom. The number of halogens is 1. The molecular formula is C20H18ClN5OS. The van der Waals surface area contributed by atoms with Gasteiger partial charge in [0.1, 0.15) is 6.04 Å². The third-order valence-corrected chi connectivity index (χ3v) is 5.23. The van der Waals surface area contributed by atoms with Crippen LogP contribution in [0.25, 0.3) is 0 Å². The maximum Gasteiger partial charge on any atom is 0.255 e. The van der Waals surface area contributed by atoms with Crippen LogP contribution in [-0.2, 0) is 4.79 Å². The number of thioether (sulfide) groups is 1. The van der Waals surface area contributed by atoms with Crippen molar-refractivity contribution in [2.45, 2.75) is 18.1 Å². The lowest BCUT2D eigenvalue weighted by Crippen LogP contribution is -2.31. The second-order valence-corrected chi connectivity index (χ2v) is 7.52. The highest BCUT2D eigenvalue weighted by atomic mass is 35.5. The molecule has 0 fully saturated rings. The number of carbonyl (C=O) groups is 1. The highest BCUT2D eigenvalue weighted by Crippen LogP contribution is 2.37. The van der Waals surface area contributed by atoms with Gasteiger partial charge in [0.2, 0.25) is 11.1 Å². The van der Waals surface area contributed by atoms with Gasteiger partial charge in [-0.1, -0.05) is 53.7 Å². The molecule has 1 aliphatic rings. The molecule has 1 atom stereocenters. The normalized spacial score (nSPS) is 15.8. The first-order chi connectivity index (χ1) is 13.6. The number of anilines is 2. The topological polar surface area (TPSA) is 71.8 Å². The van der Waals surface area contributed by atoms with E-state index >= 15 is 0 Å². The number of allylic oxidation sites excluding steroid dienone is 1. The van der Waals surface area contributed by atoms with Crippen molar-refractivity contribution in [3.05, 3.63) is 76.5 Å². The number of fused-ring (bicyclic) bond motifs is 1. The predicted molar refractivity (Wildman–Crippen MR) is 113 cm³/mol. The quantitative estimate of drug-likeness (QED) is 0.615. The zero-order valence-corrected chi connectivity index (χ0v) is 16.9. The number of nitrogens with one attached hydrogen (secondary N) is 2. The van der Waals surface area contributed by atoms with Crippen molar-refractivity contribution in [2.75, 3.05) is 16.9 Å². The molecule has 4 rings (SSSR count). The van der Waals surface area contributed by atoms with E-state index in [0.29, 0.717) is 21.7 Å². The van der Waals surface area contributed by atoms with Crippen LogP contribution in [0.5, 0.6) is 0 Å². The minimum Gasteiger partial charge on any atom is -0.328 e. The van der Waals surface area contributed by atoms with E-state index in [1.165, 1.54) is 11.8 Å². The number of benzene rings is 2. The van der Waals surface area contributed by atoms with Crippen LogP contribution in [0.4, 0.5) is 11.6 Å². The lowest BCUT2D eigenvalue weighted by Gasteiger charge is -2.28. The summed E-state index contributed by atoms with van der Waals surface area (Å²) in [6.45, 7) is 1.87. The number of hydrogen-bond donors (Lipinski definition) is 2. The van der Waals surface area contributed by atoms with Crippen LogP contribution in [-0.4, -0.2) is 26.9 Å². The van der Waals surface area contributed by atoms with E-state index in [1.54, 1.807) is 4.68 Å². The summed E-state index contributed by atoms with van der Waals surface area (Å²) < 4.78 is 1.74. The number of aromatic nitrogens is 3. The molecule has 0 saturated carbocycles. The maximum absolute atomic E-state index is 13.2. The fourth-order valence-electron chi connectivity index (χ4n) is 3.22. The van der Waals surface area contributed by atoms with Crippen LogP contribution in [0.2, 0.25) is 5.02 Å². The molecule has 0 radical (unpaired) electrons. The first-order valence-electron chi connectivity index (χ1n) is 8.67. The summed E-state index contributed by atoms with van der Waals surface area (Å²) in [7, 11) is 0. The molecule has 3 aromatic rings. The fourth-order valence-corrected chi connectivity index (χ4v) is 3.76. The van der Waals surface area contributed by atoms with Crippen LogP contribution in [0, 0.1) is 0 Å². The molecule has 1 aromatic heterocycles. The predicted octanol–water partition coefficient (Wildman–Crippen LogP) is 4.58. The van der Waals surface area contributed by atoms with Gasteiger partial charge >= 0.3 is 0 Å². The van der Waals surface area contributed by atoms with Gasteiger partial charge in [-0.15, -0.1) is 5.10 Å². The third-order valence-electron chi connectivity index (χ3n) is 4.46. The Hall–Kier alpha value is -2.77. The summed E-state index contributed by atoms with van der Waals surface area (Å²) in [6.07, 6.45) is 1.92. The summed E-state index contributed by atoms with van der Waals surface area (Å²) in [5.74, 6) is 0.399. The van der Waals surface area contributed by atoms with Gasteiger partial charge in [-0.2, -0.15) is 4.98 Å². The van der Waals surface area contributed by atoms with Gasteiger partial charge in [-0.25, -0.2) is 4.68 Å². The zero-order valence-electron chi connectivity index (χ0n) is 15.3. The number of amides is 1. The van der Waals surface area contributed by atoms with E-state index in [9.17, 15) is 4.79 Å². The van der Waals surface area contributed by atoms with Gasteiger partial charge in [-0.3, -0.25) is 4.79 Å². The van der Waals surface area contributed by atoms with E-state index in [-0.39, 0.29) is 5.91 Å². The van der Waals surface area contributed by atoms with Crippen molar-refractivity contribution >= 4 is 40.9 Å². The minimum absolute atomic E-state index is 0.201. The van der Waals surface area contributed by atoms with E-state index in [2.05, 4.69) is 20.7 Å². The van der Waals surface area contributed by atoms with Gasteiger partial charge in [-0.05, 0) is 43.0 Å². The van der Waals surface area contributed by atoms with Crippen molar-refractivity contribution in [2.24, 2.45) is 0 Å². The molecule has 8 heteroatoms. The molecule has 1 unspecified atom stereocenters. The van der Waals surface area contributed by atoms with Gasteiger partial charge in [0.15, 0.2) is 0 Å². The largest absolute Gasteiger partial charge is 0.328 e. The standard InChI is InChI=1S/C20H18ClN5OS/c1-12-16(18(27)23-15-9-4-3-5-10-15)17(13-7-6-8-14(21)11-13)26-19(22-12)24-20(25-26)28-2/h3-11,17H,1-2H3,(H,23,27)(H,22,24,25). The average molecular weight is 412 g/mol. The van der Waals surface area contributed by atoms with Crippen molar-refractivity contribution < 1.29 is 4.79 Å². The Bertz CT molecular complexity index is 1060. The first kappa shape index (κ1) is 18.6. The van der Waals surface area contributed by atoms with Gasteiger partial charge < -0.3 is 10.6 Å².